The topological polar surface area (TPSA) is 21.3 Å². The lowest BCUT2D eigenvalue weighted by molar-refractivity contribution is 0.242. The molecule has 0 aliphatic rings. The molecule has 2 nitrogen and oxygen atoms in total. The number of hydrogen-bond donors (Lipinski definition) is 1. The lowest BCUT2D eigenvalue weighted by atomic mass is 10.1. The number of ether oxygens (including phenoxy) is 1. The van der Waals surface area contributed by atoms with E-state index in [4.69, 9.17) is 16.3 Å². The van der Waals surface area contributed by atoms with Gasteiger partial charge in [-0.2, -0.15) is 0 Å². The third kappa shape index (κ3) is 4.36. The van der Waals surface area contributed by atoms with E-state index in [1.54, 1.807) is 19.1 Å². The Kier molecular flexibility index (Phi) is 5.07. The van der Waals surface area contributed by atoms with Gasteiger partial charge in [0.05, 0.1) is 11.1 Å². The van der Waals surface area contributed by atoms with E-state index in [1.807, 2.05) is 38.1 Å². The van der Waals surface area contributed by atoms with Gasteiger partial charge in [-0.3, -0.25) is 0 Å². The van der Waals surface area contributed by atoms with E-state index in [-0.39, 0.29) is 11.9 Å². The zero-order valence-corrected chi connectivity index (χ0v) is 13.2. The SMILES string of the molecule is Cc1ccc(CNc2ccc(OC(C)C)c(Cl)c2)cc1F. The highest BCUT2D eigenvalue weighted by Crippen LogP contribution is 2.28. The summed E-state index contributed by atoms with van der Waals surface area (Å²) in [5.41, 5.74) is 2.41. The number of benzene rings is 2. The summed E-state index contributed by atoms with van der Waals surface area (Å²) in [7, 11) is 0. The van der Waals surface area contributed by atoms with Gasteiger partial charge < -0.3 is 10.1 Å². The Balaban J connectivity index is 2.03. The molecular formula is C17H19ClFNO. The van der Waals surface area contributed by atoms with Crippen LogP contribution in [0.3, 0.4) is 0 Å². The quantitative estimate of drug-likeness (QED) is 0.821. The van der Waals surface area contributed by atoms with E-state index in [2.05, 4.69) is 5.32 Å². The highest BCUT2D eigenvalue weighted by atomic mass is 35.5. The summed E-state index contributed by atoms with van der Waals surface area (Å²) >= 11 is 6.18. The van der Waals surface area contributed by atoms with Gasteiger partial charge >= 0.3 is 0 Å². The molecule has 0 atom stereocenters. The molecule has 0 aliphatic heterocycles. The number of nitrogens with one attached hydrogen (secondary N) is 1. The Labute approximate surface area is 129 Å². The fourth-order valence-electron chi connectivity index (χ4n) is 1.91. The zero-order valence-electron chi connectivity index (χ0n) is 12.4. The Hall–Kier alpha value is -1.74. The predicted molar refractivity (Wildman–Crippen MR) is 85.7 cm³/mol. The second-order valence-electron chi connectivity index (χ2n) is 5.25. The molecule has 2 aromatic rings. The van der Waals surface area contributed by atoms with Crippen molar-refractivity contribution in [2.24, 2.45) is 0 Å². The van der Waals surface area contributed by atoms with Gasteiger partial charge in [0, 0.05) is 12.2 Å². The molecule has 0 amide bonds. The molecule has 0 fully saturated rings. The van der Waals surface area contributed by atoms with Gasteiger partial charge in [0.25, 0.3) is 0 Å². The van der Waals surface area contributed by atoms with Crippen LogP contribution in [0, 0.1) is 12.7 Å². The van der Waals surface area contributed by atoms with E-state index >= 15 is 0 Å². The predicted octanol–water partition coefficient (Wildman–Crippen LogP) is 5.19. The molecule has 0 aliphatic carbocycles. The maximum atomic E-state index is 13.5. The van der Waals surface area contributed by atoms with Gasteiger partial charge in [-0.15, -0.1) is 0 Å². The highest BCUT2D eigenvalue weighted by Gasteiger charge is 2.05. The lowest BCUT2D eigenvalue weighted by Gasteiger charge is -2.13. The molecular weight excluding hydrogens is 289 g/mol. The second kappa shape index (κ2) is 6.81. The minimum absolute atomic E-state index is 0.0804. The van der Waals surface area contributed by atoms with Crippen LogP contribution in [-0.4, -0.2) is 6.10 Å². The van der Waals surface area contributed by atoms with Crippen molar-refractivity contribution < 1.29 is 9.13 Å². The first-order valence-corrected chi connectivity index (χ1v) is 7.28. The third-order valence-electron chi connectivity index (χ3n) is 3.03. The van der Waals surface area contributed by atoms with Crippen molar-refractivity contribution >= 4 is 17.3 Å². The van der Waals surface area contributed by atoms with Crippen LogP contribution in [0.5, 0.6) is 5.75 Å². The molecule has 0 spiro atoms. The molecule has 2 rings (SSSR count). The van der Waals surface area contributed by atoms with Gasteiger partial charge in [-0.1, -0.05) is 23.7 Å². The van der Waals surface area contributed by atoms with Crippen LogP contribution < -0.4 is 10.1 Å². The van der Waals surface area contributed by atoms with Crippen LogP contribution in [0.1, 0.15) is 25.0 Å². The second-order valence-corrected chi connectivity index (χ2v) is 5.66. The van der Waals surface area contributed by atoms with Gasteiger partial charge in [-0.25, -0.2) is 4.39 Å². The number of anilines is 1. The minimum atomic E-state index is -0.187. The molecule has 112 valence electrons. The number of hydrogen-bond acceptors (Lipinski definition) is 2. The normalized spacial score (nSPS) is 10.8. The lowest BCUT2D eigenvalue weighted by Crippen LogP contribution is -2.06. The maximum absolute atomic E-state index is 13.5. The smallest absolute Gasteiger partial charge is 0.138 e. The Morgan fingerprint density at radius 2 is 1.95 bits per heavy atom. The highest BCUT2D eigenvalue weighted by molar-refractivity contribution is 6.32. The molecule has 2 aromatic carbocycles. The fourth-order valence-corrected chi connectivity index (χ4v) is 2.14. The van der Waals surface area contributed by atoms with E-state index in [0.717, 1.165) is 11.3 Å². The van der Waals surface area contributed by atoms with E-state index < -0.39 is 0 Å². The summed E-state index contributed by atoms with van der Waals surface area (Å²) < 4.78 is 19.1. The molecule has 4 heteroatoms. The summed E-state index contributed by atoms with van der Waals surface area (Å²) in [4.78, 5) is 0. The summed E-state index contributed by atoms with van der Waals surface area (Å²) in [5.74, 6) is 0.478. The Morgan fingerprint density at radius 1 is 1.19 bits per heavy atom. The number of halogens is 2. The van der Waals surface area contributed by atoms with E-state index in [9.17, 15) is 4.39 Å². The Bertz CT molecular complexity index is 628. The monoisotopic (exact) mass is 307 g/mol. The van der Waals surface area contributed by atoms with Crippen LogP contribution >= 0.6 is 11.6 Å². The van der Waals surface area contributed by atoms with Crippen LogP contribution in [-0.2, 0) is 6.54 Å². The molecule has 0 saturated heterocycles. The standard InChI is InChI=1S/C17H19ClFNO/c1-11(2)21-17-7-6-14(9-15(17)18)20-10-13-5-4-12(3)16(19)8-13/h4-9,11,20H,10H2,1-3H3. The van der Waals surface area contributed by atoms with Crippen molar-refractivity contribution in [3.05, 3.63) is 58.4 Å². The van der Waals surface area contributed by atoms with Crippen molar-refractivity contribution in [3.63, 3.8) is 0 Å². The number of aryl methyl sites for hydroxylation is 1. The molecule has 0 bridgehead atoms. The van der Waals surface area contributed by atoms with Crippen LogP contribution in [0.25, 0.3) is 0 Å². The van der Waals surface area contributed by atoms with Crippen molar-refractivity contribution in [2.75, 3.05) is 5.32 Å². The van der Waals surface area contributed by atoms with Crippen LogP contribution in [0.15, 0.2) is 36.4 Å². The molecule has 0 saturated carbocycles. The third-order valence-corrected chi connectivity index (χ3v) is 3.32. The Morgan fingerprint density at radius 3 is 2.57 bits per heavy atom. The van der Waals surface area contributed by atoms with Gasteiger partial charge in [0.1, 0.15) is 11.6 Å². The molecule has 0 unspecified atom stereocenters. The summed E-state index contributed by atoms with van der Waals surface area (Å²) in [6.07, 6.45) is 0.0804. The van der Waals surface area contributed by atoms with Crippen molar-refractivity contribution in [2.45, 2.75) is 33.4 Å². The van der Waals surface area contributed by atoms with E-state index in [0.29, 0.717) is 22.9 Å². The van der Waals surface area contributed by atoms with Crippen molar-refractivity contribution in [1.82, 2.24) is 0 Å². The first-order chi connectivity index (χ1) is 9.95. The fraction of sp³-hybridized carbons (Fsp3) is 0.294. The van der Waals surface area contributed by atoms with Crippen LogP contribution in [0.2, 0.25) is 5.02 Å². The number of rotatable bonds is 5. The molecule has 0 heterocycles. The van der Waals surface area contributed by atoms with E-state index in [1.165, 1.54) is 0 Å². The summed E-state index contributed by atoms with van der Waals surface area (Å²) in [5, 5.41) is 3.78. The molecule has 1 N–H and O–H groups in total. The average Bonchev–Trinajstić information content (AvgIpc) is 2.42. The van der Waals surface area contributed by atoms with Gasteiger partial charge in [0.15, 0.2) is 0 Å². The largest absolute Gasteiger partial charge is 0.489 e. The van der Waals surface area contributed by atoms with Gasteiger partial charge in [0.2, 0.25) is 0 Å². The van der Waals surface area contributed by atoms with Crippen LogP contribution in [0.4, 0.5) is 10.1 Å². The summed E-state index contributed by atoms with van der Waals surface area (Å²) in [6, 6.07) is 10.8. The van der Waals surface area contributed by atoms with Gasteiger partial charge in [-0.05, 0) is 56.2 Å². The molecule has 21 heavy (non-hydrogen) atoms. The summed E-state index contributed by atoms with van der Waals surface area (Å²) in [6.45, 7) is 6.19. The first-order valence-electron chi connectivity index (χ1n) is 6.91. The van der Waals surface area contributed by atoms with Crippen molar-refractivity contribution in [1.29, 1.82) is 0 Å². The first kappa shape index (κ1) is 15.6. The zero-order chi connectivity index (χ0) is 15.4. The minimum Gasteiger partial charge on any atom is -0.489 e. The maximum Gasteiger partial charge on any atom is 0.138 e. The molecule has 0 radical (unpaired) electrons. The molecule has 0 aromatic heterocycles. The van der Waals surface area contributed by atoms with Crippen molar-refractivity contribution in [3.8, 4) is 5.75 Å². The average molecular weight is 308 g/mol.